The number of hydrogen-bond acceptors (Lipinski definition) is 3. The predicted octanol–water partition coefficient (Wildman–Crippen LogP) is 2.95. The smallest absolute Gasteiger partial charge is 0.256 e. The van der Waals surface area contributed by atoms with Crippen molar-refractivity contribution in [3.8, 4) is 11.8 Å². The van der Waals surface area contributed by atoms with Gasteiger partial charge in [0.05, 0.1) is 22.9 Å². The van der Waals surface area contributed by atoms with Crippen LogP contribution in [0.5, 0.6) is 0 Å². The van der Waals surface area contributed by atoms with Gasteiger partial charge in [-0.1, -0.05) is 11.8 Å². The summed E-state index contributed by atoms with van der Waals surface area (Å²) in [7, 11) is 0. The Morgan fingerprint density at radius 3 is 2.93 bits per heavy atom. The van der Waals surface area contributed by atoms with Gasteiger partial charge in [0.2, 0.25) is 0 Å². The third kappa shape index (κ3) is 3.29. The lowest BCUT2D eigenvalue weighted by Crippen LogP contribution is -2.18. The first-order chi connectivity index (χ1) is 13.0. The van der Waals surface area contributed by atoms with Crippen molar-refractivity contribution in [3.63, 3.8) is 0 Å². The van der Waals surface area contributed by atoms with Gasteiger partial charge in [0, 0.05) is 23.0 Å². The number of nitrogens with one attached hydrogen (secondary N) is 3. The van der Waals surface area contributed by atoms with Gasteiger partial charge in [-0.15, -0.1) is 0 Å². The zero-order valence-corrected chi connectivity index (χ0v) is 14.8. The van der Waals surface area contributed by atoms with Gasteiger partial charge in [0.1, 0.15) is 5.82 Å². The molecule has 2 aliphatic heterocycles. The SMILES string of the molecule is CC(=O)c1c[nH]c(C=C2C(=O)Nc3ccc(F)c(C#CC4CCCN4)c32)c1. The zero-order chi connectivity index (χ0) is 19.0. The fraction of sp³-hybridized carbons (Fsp3) is 0.238. The number of hydrogen-bond donors (Lipinski definition) is 3. The molecule has 2 aromatic rings. The lowest BCUT2D eigenvalue weighted by Gasteiger charge is -2.05. The monoisotopic (exact) mass is 363 g/mol. The minimum absolute atomic E-state index is 0.0410. The standard InChI is InChI=1S/C21H18FN3O2/c1-12(26)13-9-15(24-11-13)10-17-20-16(5-4-14-3-2-8-23-14)18(22)6-7-19(20)25-21(17)27/h6-7,9-11,14,23-24H,2-3,8H2,1H3,(H,25,27). The first-order valence-electron chi connectivity index (χ1n) is 8.83. The van der Waals surface area contributed by atoms with E-state index in [1.165, 1.54) is 19.1 Å². The number of rotatable bonds is 2. The van der Waals surface area contributed by atoms with Crippen LogP contribution in [0.4, 0.5) is 10.1 Å². The van der Waals surface area contributed by atoms with E-state index in [0.29, 0.717) is 28.1 Å². The van der Waals surface area contributed by atoms with Crippen molar-refractivity contribution in [3.05, 3.63) is 52.6 Å². The first kappa shape index (κ1) is 17.3. The summed E-state index contributed by atoms with van der Waals surface area (Å²) in [6, 6.07) is 4.56. The van der Waals surface area contributed by atoms with Gasteiger partial charge in [-0.05, 0) is 50.6 Å². The van der Waals surface area contributed by atoms with E-state index < -0.39 is 5.82 Å². The molecule has 1 aromatic heterocycles. The van der Waals surface area contributed by atoms with Gasteiger partial charge >= 0.3 is 0 Å². The van der Waals surface area contributed by atoms with E-state index in [1.54, 1.807) is 18.3 Å². The molecule has 5 nitrogen and oxygen atoms in total. The first-order valence-corrected chi connectivity index (χ1v) is 8.83. The summed E-state index contributed by atoms with van der Waals surface area (Å²) in [4.78, 5) is 26.9. The van der Waals surface area contributed by atoms with Crippen molar-refractivity contribution in [2.45, 2.75) is 25.8 Å². The van der Waals surface area contributed by atoms with Crippen LogP contribution < -0.4 is 10.6 Å². The molecule has 0 saturated carbocycles. The number of ketones is 1. The second-order valence-corrected chi connectivity index (χ2v) is 6.68. The number of halogens is 1. The van der Waals surface area contributed by atoms with Crippen LogP contribution in [0.1, 0.15) is 46.9 Å². The van der Waals surface area contributed by atoms with Crippen molar-refractivity contribution >= 4 is 29.0 Å². The molecule has 0 aliphatic carbocycles. The summed E-state index contributed by atoms with van der Waals surface area (Å²) in [5.74, 6) is 5.14. The number of anilines is 1. The highest BCUT2D eigenvalue weighted by molar-refractivity contribution is 6.35. The molecule has 27 heavy (non-hydrogen) atoms. The Hall–Kier alpha value is -3.17. The molecule has 0 spiro atoms. The molecule has 1 atom stereocenters. The van der Waals surface area contributed by atoms with Gasteiger partial charge in [-0.25, -0.2) is 4.39 Å². The molecular weight excluding hydrogens is 345 g/mol. The maximum atomic E-state index is 14.5. The summed E-state index contributed by atoms with van der Waals surface area (Å²) in [5.41, 5.74) is 2.65. The van der Waals surface area contributed by atoms with Gasteiger partial charge in [-0.3, -0.25) is 9.59 Å². The third-order valence-corrected chi connectivity index (χ3v) is 4.76. The van der Waals surface area contributed by atoms with Crippen LogP contribution in [0.15, 0.2) is 24.4 Å². The summed E-state index contributed by atoms with van der Waals surface area (Å²) < 4.78 is 14.5. The second-order valence-electron chi connectivity index (χ2n) is 6.68. The number of aromatic nitrogens is 1. The van der Waals surface area contributed by atoms with E-state index in [4.69, 9.17) is 0 Å². The van der Waals surface area contributed by atoms with E-state index in [0.717, 1.165) is 19.4 Å². The van der Waals surface area contributed by atoms with Crippen molar-refractivity contribution in [2.24, 2.45) is 0 Å². The van der Waals surface area contributed by atoms with Crippen molar-refractivity contribution in [1.82, 2.24) is 10.3 Å². The van der Waals surface area contributed by atoms with Crippen LogP contribution >= 0.6 is 0 Å². The lowest BCUT2D eigenvalue weighted by molar-refractivity contribution is -0.110. The Balaban J connectivity index is 1.79. The average Bonchev–Trinajstić information content (AvgIpc) is 3.36. The van der Waals surface area contributed by atoms with Crippen LogP contribution in [0.25, 0.3) is 11.6 Å². The number of benzene rings is 1. The van der Waals surface area contributed by atoms with E-state index in [1.807, 2.05) is 0 Å². The number of Topliss-reactive ketones (excluding diaryl/α,β-unsaturated/α-hetero) is 1. The molecule has 4 rings (SSSR count). The summed E-state index contributed by atoms with van der Waals surface area (Å²) in [5, 5.41) is 6.01. The van der Waals surface area contributed by atoms with Gasteiger partial charge in [-0.2, -0.15) is 0 Å². The topological polar surface area (TPSA) is 74.0 Å². The van der Waals surface area contributed by atoms with Crippen LogP contribution in [0.3, 0.4) is 0 Å². The summed E-state index contributed by atoms with van der Waals surface area (Å²) in [6.45, 7) is 2.38. The Bertz CT molecular complexity index is 1030. The van der Waals surface area contributed by atoms with E-state index in [9.17, 15) is 14.0 Å². The van der Waals surface area contributed by atoms with Crippen LogP contribution in [0, 0.1) is 17.7 Å². The van der Waals surface area contributed by atoms with Gasteiger partial charge < -0.3 is 15.6 Å². The number of carbonyl (C=O) groups excluding carboxylic acids is 2. The maximum Gasteiger partial charge on any atom is 0.256 e. The molecule has 3 heterocycles. The fourth-order valence-corrected chi connectivity index (χ4v) is 3.35. The number of carbonyl (C=O) groups is 2. The largest absolute Gasteiger partial charge is 0.361 e. The number of fused-ring (bicyclic) bond motifs is 1. The lowest BCUT2D eigenvalue weighted by atomic mass is 9.98. The van der Waals surface area contributed by atoms with Crippen LogP contribution in [-0.4, -0.2) is 29.3 Å². The molecular formula is C21H18FN3O2. The van der Waals surface area contributed by atoms with Gasteiger partial charge in [0.15, 0.2) is 5.78 Å². The van der Waals surface area contributed by atoms with Gasteiger partial charge in [0.25, 0.3) is 5.91 Å². The third-order valence-electron chi connectivity index (χ3n) is 4.76. The van der Waals surface area contributed by atoms with Crippen molar-refractivity contribution < 1.29 is 14.0 Å². The number of aromatic amines is 1. The minimum atomic E-state index is -0.461. The van der Waals surface area contributed by atoms with E-state index >= 15 is 0 Å². The second kappa shape index (κ2) is 6.86. The highest BCUT2D eigenvalue weighted by Crippen LogP contribution is 2.36. The predicted molar refractivity (Wildman–Crippen MR) is 102 cm³/mol. The fourth-order valence-electron chi connectivity index (χ4n) is 3.35. The molecule has 136 valence electrons. The Labute approximate surface area is 156 Å². The molecule has 1 fully saturated rings. The molecule has 1 unspecified atom stereocenters. The zero-order valence-electron chi connectivity index (χ0n) is 14.8. The molecule has 1 amide bonds. The molecule has 0 radical (unpaired) electrons. The molecule has 3 N–H and O–H groups in total. The Kier molecular flexibility index (Phi) is 4.38. The van der Waals surface area contributed by atoms with E-state index in [-0.39, 0.29) is 23.3 Å². The van der Waals surface area contributed by atoms with E-state index in [2.05, 4.69) is 27.5 Å². The molecule has 0 bridgehead atoms. The molecule has 6 heteroatoms. The molecule has 2 aliphatic rings. The molecule has 1 aromatic carbocycles. The number of amides is 1. The van der Waals surface area contributed by atoms with Crippen LogP contribution in [-0.2, 0) is 4.79 Å². The van der Waals surface area contributed by atoms with Crippen molar-refractivity contribution in [1.29, 1.82) is 0 Å². The van der Waals surface area contributed by atoms with Crippen molar-refractivity contribution in [2.75, 3.05) is 11.9 Å². The maximum absolute atomic E-state index is 14.5. The highest BCUT2D eigenvalue weighted by Gasteiger charge is 2.28. The normalized spacial score (nSPS) is 19.6. The minimum Gasteiger partial charge on any atom is -0.361 e. The quantitative estimate of drug-likeness (QED) is 0.436. The Morgan fingerprint density at radius 1 is 1.37 bits per heavy atom. The summed E-state index contributed by atoms with van der Waals surface area (Å²) in [6.07, 6.45) is 5.18. The Morgan fingerprint density at radius 2 is 2.22 bits per heavy atom. The molecule has 1 saturated heterocycles. The number of H-pyrrole nitrogens is 1. The van der Waals surface area contributed by atoms with Crippen LogP contribution in [0.2, 0.25) is 0 Å². The average molecular weight is 363 g/mol. The highest BCUT2D eigenvalue weighted by atomic mass is 19.1. The summed E-state index contributed by atoms with van der Waals surface area (Å²) >= 11 is 0.